The van der Waals surface area contributed by atoms with Crippen molar-refractivity contribution in [2.75, 3.05) is 7.11 Å². The molecule has 0 atom stereocenters. The summed E-state index contributed by atoms with van der Waals surface area (Å²) in [5.41, 5.74) is 2.58. The van der Waals surface area contributed by atoms with Crippen LogP contribution in [0.1, 0.15) is 11.5 Å². The second kappa shape index (κ2) is 7.67. The van der Waals surface area contributed by atoms with Gasteiger partial charge in [-0.2, -0.15) is 0 Å². The Kier molecular flexibility index (Phi) is 4.93. The monoisotopic (exact) mass is 379 g/mol. The average molecular weight is 379 g/mol. The predicted octanol–water partition coefficient (Wildman–Crippen LogP) is 5.00. The van der Waals surface area contributed by atoms with Crippen LogP contribution < -0.4 is 4.74 Å². The van der Waals surface area contributed by atoms with E-state index in [0.29, 0.717) is 28.5 Å². The van der Waals surface area contributed by atoms with Crippen molar-refractivity contribution >= 4 is 11.8 Å². The highest BCUT2D eigenvalue weighted by molar-refractivity contribution is 7.98. The number of methoxy groups -OCH3 is 1. The fourth-order valence-electron chi connectivity index (χ4n) is 2.59. The number of rotatable bonds is 6. The molecular formula is C20H17N3O3S. The van der Waals surface area contributed by atoms with E-state index in [-0.39, 0.29) is 0 Å². The number of benzene rings is 2. The summed E-state index contributed by atoms with van der Waals surface area (Å²) in [5.74, 6) is 3.10. The summed E-state index contributed by atoms with van der Waals surface area (Å²) in [7, 11) is 1.61. The van der Waals surface area contributed by atoms with Crippen LogP contribution in [0.4, 0.5) is 0 Å². The smallest absolute Gasteiger partial charge is 0.277 e. The molecule has 0 amide bonds. The largest absolute Gasteiger partial charge is 0.496 e. The molecule has 0 saturated heterocycles. The van der Waals surface area contributed by atoms with Crippen molar-refractivity contribution in [1.29, 1.82) is 0 Å². The second-order valence-electron chi connectivity index (χ2n) is 5.75. The fraction of sp³-hybridized carbons (Fsp3) is 0.150. The zero-order valence-electron chi connectivity index (χ0n) is 14.9. The summed E-state index contributed by atoms with van der Waals surface area (Å²) in [6.45, 7) is 1.91. The molecule has 0 radical (unpaired) electrons. The lowest BCUT2D eigenvalue weighted by Gasteiger charge is -2.03. The zero-order chi connectivity index (χ0) is 18.6. The summed E-state index contributed by atoms with van der Waals surface area (Å²) in [6.07, 6.45) is 0. The molecule has 0 spiro atoms. The van der Waals surface area contributed by atoms with E-state index in [4.69, 9.17) is 13.6 Å². The molecular weight excluding hydrogens is 362 g/mol. The lowest BCUT2D eigenvalue weighted by molar-refractivity contribution is 0.411. The van der Waals surface area contributed by atoms with Crippen molar-refractivity contribution in [1.82, 2.24) is 15.2 Å². The Balaban J connectivity index is 1.49. The standard InChI is InChI=1S/C20H17N3O3S/c1-13-16(21-18(25-13)14-8-4-3-5-9-14)12-27-20-23-22-19(26-20)15-10-6-7-11-17(15)24-2/h3-11H,12H2,1-2H3. The zero-order valence-corrected chi connectivity index (χ0v) is 15.7. The van der Waals surface area contributed by atoms with E-state index in [1.54, 1.807) is 7.11 Å². The third-order valence-corrected chi connectivity index (χ3v) is 4.82. The first-order valence-corrected chi connectivity index (χ1v) is 9.34. The predicted molar refractivity (Wildman–Crippen MR) is 103 cm³/mol. The van der Waals surface area contributed by atoms with Crippen molar-refractivity contribution in [3.63, 3.8) is 0 Å². The summed E-state index contributed by atoms with van der Waals surface area (Å²) in [6, 6.07) is 17.4. The Morgan fingerprint density at radius 1 is 0.926 bits per heavy atom. The van der Waals surface area contributed by atoms with Crippen LogP contribution in [0.3, 0.4) is 0 Å². The van der Waals surface area contributed by atoms with Crippen molar-refractivity contribution < 1.29 is 13.6 Å². The highest BCUT2D eigenvalue weighted by atomic mass is 32.2. The van der Waals surface area contributed by atoms with Gasteiger partial charge in [0.15, 0.2) is 0 Å². The molecule has 0 bridgehead atoms. The molecule has 2 aromatic carbocycles. The van der Waals surface area contributed by atoms with Gasteiger partial charge in [-0.15, -0.1) is 10.2 Å². The molecule has 0 unspecified atom stereocenters. The molecule has 0 N–H and O–H groups in total. The molecule has 0 aliphatic rings. The van der Waals surface area contributed by atoms with Crippen LogP contribution in [0.15, 0.2) is 68.7 Å². The van der Waals surface area contributed by atoms with Gasteiger partial charge in [-0.05, 0) is 31.2 Å². The molecule has 0 saturated carbocycles. The quantitative estimate of drug-likeness (QED) is 0.436. The molecule has 6 nitrogen and oxygen atoms in total. The van der Waals surface area contributed by atoms with E-state index in [0.717, 1.165) is 22.6 Å². The van der Waals surface area contributed by atoms with Crippen LogP contribution in [0.5, 0.6) is 5.75 Å². The van der Waals surface area contributed by atoms with Gasteiger partial charge in [0.1, 0.15) is 11.5 Å². The Labute approximate surface area is 160 Å². The number of aryl methyl sites for hydroxylation is 1. The van der Waals surface area contributed by atoms with E-state index in [2.05, 4.69) is 15.2 Å². The van der Waals surface area contributed by atoms with E-state index in [1.165, 1.54) is 11.8 Å². The highest BCUT2D eigenvalue weighted by Crippen LogP contribution is 2.32. The van der Waals surface area contributed by atoms with Gasteiger partial charge in [0.2, 0.25) is 5.89 Å². The topological polar surface area (TPSA) is 74.2 Å². The minimum absolute atomic E-state index is 0.428. The lowest BCUT2D eigenvalue weighted by Crippen LogP contribution is -1.87. The number of aromatic nitrogens is 3. The van der Waals surface area contributed by atoms with Crippen LogP contribution in [0.25, 0.3) is 22.9 Å². The fourth-order valence-corrected chi connectivity index (χ4v) is 3.36. The average Bonchev–Trinajstić information content (AvgIpc) is 3.33. The van der Waals surface area contributed by atoms with Crippen molar-refractivity contribution in [3.8, 4) is 28.7 Å². The number of hydrogen-bond donors (Lipinski definition) is 0. The molecule has 2 aromatic heterocycles. The molecule has 4 aromatic rings. The Bertz CT molecular complexity index is 1040. The van der Waals surface area contributed by atoms with Crippen LogP contribution in [-0.4, -0.2) is 22.3 Å². The first kappa shape index (κ1) is 17.4. The minimum Gasteiger partial charge on any atom is -0.496 e. The summed E-state index contributed by atoms with van der Waals surface area (Å²) >= 11 is 1.42. The normalized spacial score (nSPS) is 10.9. The third kappa shape index (κ3) is 3.73. The van der Waals surface area contributed by atoms with E-state index in [9.17, 15) is 0 Å². The van der Waals surface area contributed by atoms with Crippen LogP contribution >= 0.6 is 11.8 Å². The number of oxazole rings is 1. The number of para-hydroxylation sites is 1. The minimum atomic E-state index is 0.428. The van der Waals surface area contributed by atoms with Gasteiger partial charge in [0.25, 0.3) is 11.1 Å². The maximum absolute atomic E-state index is 5.79. The SMILES string of the molecule is COc1ccccc1-c1nnc(SCc2nc(-c3ccccc3)oc2C)o1. The van der Waals surface area contributed by atoms with Crippen LogP contribution in [-0.2, 0) is 5.75 Å². The second-order valence-corrected chi connectivity index (χ2v) is 6.68. The lowest BCUT2D eigenvalue weighted by atomic mass is 10.2. The van der Waals surface area contributed by atoms with Gasteiger partial charge in [-0.3, -0.25) is 0 Å². The molecule has 4 rings (SSSR count). The number of ether oxygens (including phenoxy) is 1. The third-order valence-electron chi connectivity index (χ3n) is 3.99. The van der Waals surface area contributed by atoms with E-state index in [1.807, 2.05) is 61.5 Å². The van der Waals surface area contributed by atoms with Crippen molar-refractivity contribution in [2.24, 2.45) is 0 Å². The molecule has 2 heterocycles. The van der Waals surface area contributed by atoms with Crippen LogP contribution in [0.2, 0.25) is 0 Å². The van der Waals surface area contributed by atoms with Gasteiger partial charge in [0.05, 0.1) is 18.4 Å². The first-order valence-electron chi connectivity index (χ1n) is 8.36. The van der Waals surface area contributed by atoms with Gasteiger partial charge < -0.3 is 13.6 Å². The summed E-state index contributed by atoms with van der Waals surface area (Å²) < 4.78 is 16.9. The van der Waals surface area contributed by atoms with Crippen molar-refractivity contribution in [2.45, 2.75) is 17.9 Å². The Morgan fingerprint density at radius 2 is 1.70 bits per heavy atom. The van der Waals surface area contributed by atoms with Crippen LogP contribution in [0, 0.1) is 6.92 Å². The number of nitrogens with zero attached hydrogens (tertiary/aromatic N) is 3. The van der Waals surface area contributed by atoms with E-state index >= 15 is 0 Å². The first-order chi connectivity index (χ1) is 13.2. The molecule has 0 aliphatic heterocycles. The molecule has 27 heavy (non-hydrogen) atoms. The number of hydrogen-bond acceptors (Lipinski definition) is 7. The summed E-state index contributed by atoms with van der Waals surface area (Å²) in [5, 5.41) is 8.70. The van der Waals surface area contributed by atoms with Gasteiger partial charge in [-0.1, -0.05) is 42.1 Å². The van der Waals surface area contributed by atoms with Gasteiger partial charge >= 0.3 is 0 Å². The molecule has 136 valence electrons. The van der Waals surface area contributed by atoms with E-state index < -0.39 is 0 Å². The molecule has 0 aliphatic carbocycles. The maximum Gasteiger partial charge on any atom is 0.277 e. The molecule has 0 fully saturated rings. The van der Waals surface area contributed by atoms with Crippen molar-refractivity contribution in [3.05, 3.63) is 66.1 Å². The maximum atomic E-state index is 5.79. The van der Waals surface area contributed by atoms with Gasteiger partial charge in [-0.25, -0.2) is 4.98 Å². The Hall–Kier alpha value is -3.06. The Morgan fingerprint density at radius 3 is 2.52 bits per heavy atom. The highest BCUT2D eigenvalue weighted by Gasteiger charge is 2.16. The summed E-state index contributed by atoms with van der Waals surface area (Å²) in [4.78, 5) is 4.59. The molecule has 7 heteroatoms. The van der Waals surface area contributed by atoms with Gasteiger partial charge in [0, 0.05) is 11.3 Å². The number of thioether (sulfide) groups is 1.